The molecule has 1 aromatic carbocycles. The fourth-order valence-corrected chi connectivity index (χ4v) is 3.42. The van der Waals surface area contributed by atoms with Crippen molar-refractivity contribution in [2.45, 2.75) is 52.0 Å². The van der Waals surface area contributed by atoms with E-state index in [1.165, 1.54) is 32.1 Å². The number of halogens is 1. The number of carbonyl (C=O) groups excluding carboxylic acids is 1. The highest BCUT2D eigenvalue weighted by Crippen LogP contribution is 2.31. The van der Waals surface area contributed by atoms with Crippen LogP contribution in [0.15, 0.2) is 22.7 Å². The molecule has 0 saturated heterocycles. The molecule has 0 N–H and O–H groups in total. The summed E-state index contributed by atoms with van der Waals surface area (Å²) in [5.74, 6) is 0.144. The van der Waals surface area contributed by atoms with Crippen LogP contribution in [0.2, 0.25) is 0 Å². The third kappa shape index (κ3) is 3.38. The first kappa shape index (κ1) is 14.6. The fraction of sp³-hybridized carbons (Fsp3) is 0.562. The van der Waals surface area contributed by atoms with Crippen LogP contribution in [0.4, 0.5) is 5.69 Å². The first-order valence-electron chi connectivity index (χ1n) is 7.20. The number of hydrogen-bond acceptors (Lipinski definition) is 2. The molecule has 1 aliphatic rings. The van der Waals surface area contributed by atoms with Gasteiger partial charge in [-0.25, -0.2) is 0 Å². The Bertz CT molecular complexity index is 452. The molecule has 0 atom stereocenters. The van der Waals surface area contributed by atoms with Crippen LogP contribution in [0, 0.1) is 0 Å². The standard InChI is InChI=1S/C16H22BrNO/c1-3-18(14-7-5-4-6-8-14)16-10-9-13(17)11-15(16)12(2)19/h9-11,14H,3-8H2,1-2H3. The lowest BCUT2D eigenvalue weighted by Crippen LogP contribution is -2.37. The summed E-state index contributed by atoms with van der Waals surface area (Å²) in [7, 11) is 0. The Kier molecular flexibility index (Phi) is 5.03. The van der Waals surface area contributed by atoms with E-state index in [0.29, 0.717) is 6.04 Å². The number of hydrogen-bond donors (Lipinski definition) is 0. The van der Waals surface area contributed by atoms with Crippen LogP contribution in [-0.4, -0.2) is 18.4 Å². The topological polar surface area (TPSA) is 20.3 Å². The molecule has 0 aromatic heterocycles. The van der Waals surface area contributed by atoms with Gasteiger partial charge >= 0.3 is 0 Å². The van der Waals surface area contributed by atoms with Crippen molar-refractivity contribution >= 4 is 27.4 Å². The molecule has 1 fully saturated rings. The van der Waals surface area contributed by atoms with Crippen molar-refractivity contribution in [3.63, 3.8) is 0 Å². The second-order valence-electron chi connectivity index (χ2n) is 5.30. The summed E-state index contributed by atoms with van der Waals surface area (Å²) in [4.78, 5) is 14.3. The molecule has 0 bridgehead atoms. The summed E-state index contributed by atoms with van der Waals surface area (Å²) in [6.45, 7) is 4.80. The van der Waals surface area contributed by atoms with Crippen molar-refractivity contribution in [2.75, 3.05) is 11.4 Å². The minimum absolute atomic E-state index is 0.144. The molecule has 0 amide bonds. The number of Topliss-reactive ketones (excluding diaryl/α,β-unsaturated/α-hetero) is 1. The third-order valence-electron chi connectivity index (χ3n) is 4.00. The van der Waals surface area contributed by atoms with Crippen LogP contribution in [0.25, 0.3) is 0 Å². The van der Waals surface area contributed by atoms with Gasteiger partial charge in [0.05, 0.1) is 0 Å². The normalized spacial score (nSPS) is 16.4. The summed E-state index contributed by atoms with van der Waals surface area (Å²) in [6.07, 6.45) is 6.48. The van der Waals surface area contributed by atoms with Gasteiger partial charge < -0.3 is 4.90 Å². The Balaban J connectivity index is 2.34. The van der Waals surface area contributed by atoms with Crippen molar-refractivity contribution < 1.29 is 4.79 Å². The number of nitrogens with zero attached hydrogens (tertiary/aromatic N) is 1. The predicted octanol–water partition coefficient (Wildman–Crippen LogP) is 4.81. The minimum atomic E-state index is 0.144. The molecule has 0 unspecified atom stereocenters. The van der Waals surface area contributed by atoms with E-state index in [0.717, 1.165) is 22.3 Å². The van der Waals surface area contributed by atoms with E-state index in [1.807, 2.05) is 12.1 Å². The summed E-state index contributed by atoms with van der Waals surface area (Å²) in [5, 5.41) is 0. The molecule has 1 saturated carbocycles. The van der Waals surface area contributed by atoms with Crippen molar-refractivity contribution in [3.8, 4) is 0 Å². The first-order chi connectivity index (χ1) is 9.13. The van der Waals surface area contributed by atoms with E-state index in [2.05, 4.69) is 33.8 Å². The average molecular weight is 324 g/mol. The molecular formula is C16H22BrNO. The van der Waals surface area contributed by atoms with E-state index in [-0.39, 0.29) is 5.78 Å². The van der Waals surface area contributed by atoms with Crippen molar-refractivity contribution in [1.29, 1.82) is 0 Å². The Labute approximate surface area is 124 Å². The third-order valence-corrected chi connectivity index (χ3v) is 4.50. The molecule has 0 spiro atoms. The Morgan fingerprint density at radius 2 is 2.00 bits per heavy atom. The van der Waals surface area contributed by atoms with E-state index >= 15 is 0 Å². The van der Waals surface area contributed by atoms with E-state index in [1.54, 1.807) is 6.92 Å². The Morgan fingerprint density at radius 3 is 2.58 bits per heavy atom. The molecule has 2 rings (SSSR count). The van der Waals surface area contributed by atoms with E-state index < -0.39 is 0 Å². The van der Waals surface area contributed by atoms with Gasteiger partial charge in [0, 0.05) is 28.3 Å². The highest BCUT2D eigenvalue weighted by molar-refractivity contribution is 9.10. The van der Waals surface area contributed by atoms with Crippen LogP contribution in [0.3, 0.4) is 0 Å². The zero-order chi connectivity index (χ0) is 13.8. The summed E-state index contributed by atoms with van der Waals surface area (Å²) in [5.41, 5.74) is 1.94. The molecule has 0 radical (unpaired) electrons. The molecule has 1 aliphatic carbocycles. The average Bonchev–Trinajstić information content (AvgIpc) is 2.42. The Hall–Kier alpha value is -0.830. The van der Waals surface area contributed by atoms with Gasteiger partial charge in [-0.2, -0.15) is 0 Å². The largest absolute Gasteiger partial charge is 0.368 e. The minimum Gasteiger partial charge on any atom is -0.368 e. The quantitative estimate of drug-likeness (QED) is 0.741. The van der Waals surface area contributed by atoms with Crippen LogP contribution < -0.4 is 4.90 Å². The molecule has 0 heterocycles. The summed E-state index contributed by atoms with van der Waals surface area (Å²) < 4.78 is 0.973. The second kappa shape index (κ2) is 6.56. The molecule has 0 aliphatic heterocycles. The van der Waals surface area contributed by atoms with Gasteiger partial charge in [-0.1, -0.05) is 35.2 Å². The van der Waals surface area contributed by atoms with Gasteiger partial charge in [0.1, 0.15) is 0 Å². The molecule has 2 nitrogen and oxygen atoms in total. The van der Waals surface area contributed by atoms with Crippen molar-refractivity contribution in [3.05, 3.63) is 28.2 Å². The first-order valence-corrected chi connectivity index (χ1v) is 8.00. The van der Waals surface area contributed by atoms with Crippen LogP contribution in [0.1, 0.15) is 56.3 Å². The highest BCUT2D eigenvalue weighted by Gasteiger charge is 2.23. The summed E-state index contributed by atoms with van der Waals surface area (Å²) >= 11 is 3.46. The number of benzene rings is 1. The second-order valence-corrected chi connectivity index (χ2v) is 6.21. The van der Waals surface area contributed by atoms with Gasteiger partial charge in [0.25, 0.3) is 0 Å². The lowest BCUT2D eigenvalue weighted by atomic mass is 9.93. The van der Waals surface area contributed by atoms with Gasteiger partial charge in [0.2, 0.25) is 0 Å². The van der Waals surface area contributed by atoms with E-state index in [4.69, 9.17) is 0 Å². The lowest BCUT2D eigenvalue weighted by molar-refractivity contribution is 0.101. The lowest BCUT2D eigenvalue weighted by Gasteiger charge is -2.36. The van der Waals surface area contributed by atoms with E-state index in [9.17, 15) is 4.79 Å². The Morgan fingerprint density at radius 1 is 1.32 bits per heavy atom. The maximum Gasteiger partial charge on any atom is 0.161 e. The van der Waals surface area contributed by atoms with Crippen molar-refractivity contribution in [1.82, 2.24) is 0 Å². The SMILES string of the molecule is CCN(c1ccc(Br)cc1C(C)=O)C1CCCCC1. The molecular weight excluding hydrogens is 302 g/mol. The number of rotatable bonds is 4. The smallest absolute Gasteiger partial charge is 0.161 e. The highest BCUT2D eigenvalue weighted by atomic mass is 79.9. The molecule has 3 heteroatoms. The molecule has 19 heavy (non-hydrogen) atoms. The predicted molar refractivity (Wildman–Crippen MR) is 84.0 cm³/mol. The zero-order valence-electron chi connectivity index (χ0n) is 11.8. The fourth-order valence-electron chi connectivity index (χ4n) is 3.06. The maximum absolute atomic E-state index is 11.9. The van der Waals surface area contributed by atoms with Crippen LogP contribution >= 0.6 is 15.9 Å². The van der Waals surface area contributed by atoms with Gasteiger partial charge in [-0.3, -0.25) is 4.79 Å². The van der Waals surface area contributed by atoms with Gasteiger partial charge in [0.15, 0.2) is 5.78 Å². The number of ketones is 1. The number of carbonyl (C=O) groups is 1. The maximum atomic E-state index is 11.9. The monoisotopic (exact) mass is 323 g/mol. The summed E-state index contributed by atoms with van der Waals surface area (Å²) in [6, 6.07) is 6.66. The van der Waals surface area contributed by atoms with Gasteiger partial charge in [-0.05, 0) is 44.9 Å². The van der Waals surface area contributed by atoms with Crippen LogP contribution in [-0.2, 0) is 0 Å². The number of anilines is 1. The van der Waals surface area contributed by atoms with Gasteiger partial charge in [-0.15, -0.1) is 0 Å². The molecule has 1 aromatic rings. The zero-order valence-corrected chi connectivity index (χ0v) is 13.4. The molecule has 104 valence electrons. The van der Waals surface area contributed by atoms with Crippen molar-refractivity contribution in [2.24, 2.45) is 0 Å². The van der Waals surface area contributed by atoms with Crippen LogP contribution in [0.5, 0.6) is 0 Å².